The van der Waals surface area contributed by atoms with Crippen LogP contribution in [0.1, 0.15) is 32.3 Å². The second kappa shape index (κ2) is 5.13. The van der Waals surface area contributed by atoms with Crippen molar-refractivity contribution in [2.24, 2.45) is 5.92 Å². The molecule has 21 heavy (non-hydrogen) atoms. The third-order valence-corrected chi connectivity index (χ3v) is 5.06. The third-order valence-electron chi connectivity index (χ3n) is 4.57. The molecule has 2 fully saturated rings. The molecule has 1 saturated carbocycles. The summed E-state index contributed by atoms with van der Waals surface area (Å²) in [5, 5.41) is 2.94. The molecule has 0 aromatic heterocycles. The van der Waals surface area contributed by atoms with Crippen LogP contribution in [0, 0.1) is 5.92 Å². The fraction of sp³-hybridized carbons (Fsp3) is 0.500. The van der Waals surface area contributed by atoms with Gasteiger partial charge in [-0.15, -0.1) is 0 Å². The Bertz CT molecular complexity index is 600. The summed E-state index contributed by atoms with van der Waals surface area (Å²) in [7, 11) is 0. The number of amides is 2. The van der Waals surface area contributed by atoms with Gasteiger partial charge in [-0.1, -0.05) is 28.1 Å². The zero-order valence-corrected chi connectivity index (χ0v) is 13.8. The van der Waals surface area contributed by atoms with Crippen LogP contribution < -0.4 is 5.32 Å². The van der Waals surface area contributed by atoms with E-state index in [1.807, 2.05) is 31.2 Å². The van der Waals surface area contributed by atoms with Crippen molar-refractivity contribution in [2.75, 3.05) is 0 Å². The summed E-state index contributed by atoms with van der Waals surface area (Å²) in [6.45, 7) is 4.12. The van der Waals surface area contributed by atoms with Gasteiger partial charge in [-0.05, 0) is 50.3 Å². The van der Waals surface area contributed by atoms with E-state index < -0.39 is 11.6 Å². The normalized spacial score (nSPS) is 29.5. The Hall–Kier alpha value is -1.36. The largest absolute Gasteiger partial charge is 0.340 e. The number of hydrogen-bond acceptors (Lipinski definition) is 2. The van der Waals surface area contributed by atoms with Crippen LogP contribution in [-0.2, 0) is 16.1 Å². The highest BCUT2D eigenvalue weighted by atomic mass is 79.9. The van der Waals surface area contributed by atoms with Crippen molar-refractivity contribution >= 4 is 27.7 Å². The minimum absolute atomic E-state index is 0.0390. The lowest BCUT2D eigenvalue weighted by atomic mass is 9.89. The molecule has 2 atom stereocenters. The zero-order chi connectivity index (χ0) is 15.2. The van der Waals surface area contributed by atoms with Gasteiger partial charge >= 0.3 is 0 Å². The second-order valence-corrected chi connectivity index (χ2v) is 7.12. The van der Waals surface area contributed by atoms with Gasteiger partial charge in [-0.3, -0.25) is 9.59 Å². The predicted octanol–water partition coefficient (Wildman–Crippen LogP) is 2.46. The van der Waals surface area contributed by atoms with Gasteiger partial charge in [0, 0.05) is 11.0 Å². The Morgan fingerprint density at radius 1 is 1.38 bits per heavy atom. The first-order valence-corrected chi connectivity index (χ1v) is 8.08. The predicted molar refractivity (Wildman–Crippen MR) is 83.4 cm³/mol. The molecule has 1 aromatic carbocycles. The van der Waals surface area contributed by atoms with Gasteiger partial charge < -0.3 is 10.2 Å². The highest BCUT2D eigenvalue weighted by molar-refractivity contribution is 9.10. The smallest absolute Gasteiger partial charge is 0.249 e. The lowest BCUT2D eigenvalue weighted by Crippen LogP contribution is -2.69. The SMILES string of the molecule is CC1C(=O)NC(C)(C2CC2)C(=O)N1Cc1cccc(Br)c1. The minimum atomic E-state index is -0.727. The molecule has 2 aliphatic rings. The molecule has 4 nitrogen and oxygen atoms in total. The maximum atomic E-state index is 12.9. The number of carbonyl (C=O) groups is 2. The minimum Gasteiger partial charge on any atom is -0.340 e. The van der Waals surface area contributed by atoms with E-state index in [0.29, 0.717) is 6.54 Å². The summed E-state index contributed by atoms with van der Waals surface area (Å²) in [4.78, 5) is 26.8. The van der Waals surface area contributed by atoms with Crippen molar-refractivity contribution < 1.29 is 9.59 Å². The van der Waals surface area contributed by atoms with Crippen molar-refractivity contribution in [2.45, 2.75) is 44.8 Å². The molecule has 1 saturated heterocycles. The van der Waals surface area contributed by atoms with Gasteiger partial charge in [0.05, 0.1) is 0 Å². The van der Waals surface area contributed by atoms with Crippen molar-refractivity contribution in [1.82, 2.24) is 10.2 Å². The van der Waals surface area contributed by atoms with Crippen LogP contribution in [0.4, 0.5) is 0 Å². The Morgan fingerprint density at radius 3 is 2.71 bits per heavy atom. The molecule has 2 amide bonds. The molecule has 0 bridgehead atoms. The summed E-state index contributed by atoms with van der Waals surface area (Å²) in [6, 6.07) is 7.43. The van der Waals surface area contributed by atoms with Gasteiger partial charge in [0.15, 0.2) is 0 Å². The molecule has 1 N–H and O–H groups in total. The number of nitrogens with one attached hydrogen (secondary N) is 1. The number of nitrogens with zero attached hydrogens (tertiary/aromatic N) is 1. The van der Waals surface area contributed by atoms with Crippen molar-refractivity contribution in [3.63, 3.8) is 0 Å². The summed E-state index contributed by atoms with van der Waals surface area (Å²) < 4.78 is 0.978. The zero-order valence-electron chi connectivity index (χ0n) is 12.2. The monoisotopic (exact) mass is 350 g/mol. The quantitative estimate of drug-likeness (QED) is 0.910. The first kappa shape index (κ1) is 14.6. The van der Waals surface area contributed by atoms with Crippen molar-refractivity contribution in [3.05, 3.63) is 34.3 Å². The Kier molecular flexibility index (Phi) is 3.56. The molecule has 1 aliphatic carbocycles. The highest BCUT2D eigenvalue weighted by Gasteiger charge is 2.54. The summed E-state index contributed by atoms with van der Waals surface area (Å²) in [6.07, 6.45) is 2.03. The van der Waals surface area contributed by atoms with Crippen LogP contribution in [0.5, 0.6) is 0 Å². The molecule has 1 aromatic rings. The van der Waals surface area contributed by atoms with Crippen LogP contribution in [0.15, 0.2) is 28.7 Å². The fourth-order valence-corrected chi connectivity index (χ4v) is 3.45. The van der Waals surface area contributed by atoms with Crippen LogP contribution >= 0.6 is 15.9 Å². The average molecular weight is 351 g/mol. The van der Waals surface area contributed by atoms with E-state index >= 15 is 0 Å². The molecule has 0 radical (unpaired) electrons. The number of piperazine rings is 1. The Balaban J connectivity index is 1.87. The maximum Gasteiger partial charge on any atom is 0.249 e. The number of benzene rings is 1. The molecule has 2 unspecified atom stereocenters. The molecule has 1 aliphatic heterocycles. The lowest BCUT2D eigenvalue weighted by Gasteiger charge is -2.43. The standard InChI is InChI=1S/C16H19BrN2O2/c1-10-14(20)18-16(2,12-6-7-12)15(21)19(10)9-11-4-3-5-13(17)8-11/h3-5,8,10,12H,6-7,9H2,1-2H3,(H,18,20). The van der Waals surface area contributed by atoms with Crippen LogP contribution in [0.3, 0.4) is 0 Å². The first-order chi connectivity index (χ1) is 9.91. The fourth-order valence-electron chi connectivity index (χ4n) is 3.01. The van der Waals surface area contributed by atoms with Crippen LogP contribution in [0.2, 0.25) is 0 Å². The van der Waals surface area contributed by atoms with E-state index in [9.17, 15) is 9.59 Å². The molecule has 112 valence electrons. The Morgan fingerprint density at radius 2 is 2.10 bits per heavy atom. The molecule has 3 rings (SSSR count). The second-order valence-electron chi connectivity index (χ2n) is 6.20. The topological polar surface area (TPSA) is 49.4 Å². The van der Waals surface area contributed by atoms with Gasteiger partial charge in [0.1, 0.15) is 11.6 Å². The van der Waals surface area contributed by atoms with E-state index in [2.05, 4.69) is 21.2 Å². The molecule has 0 spiro atoms. The van der Waals surface area contributed by atoms with E-state index in [4.69, 9.17) is 0 Å². The molecular formula is C16H19BrN2O2. The lowest BCUT2D eigenvalue weighted by molar-refractivity contribution is -0.155. The van der Waals surface area contributed by atoms with E-state index in [0.717, 1.165) is 22.9 Å². The van der Waals surface area contributed by atoms with Gasteiger partial charge in [0.25, 0.3) is 0 Å². The van der Waals surface area contributed by atoms with Crippen molar-refractivity contribution in [3.8, 4) is 0 Å². The van der Waals surface area contributed by atoms with Gasteiger partial charge in [-0.2, -0.15) is 0 Å². The van der Waals surface area contributed by atoms with Crippen LogP contribution in [-0.4, -0.2) is 28.3 Å². The van der Waals surface area contributed by atoms with Gasteiger partial charge in [0.2, 0.25) is 11.8 Å². The number of rotatable bonds is 3. The number of carbonyl (C=O) groups excluding carboxylic acids is 2. The molecule has 5 heteroatoms. The summed E-state index contributed by atoms with van der Waals surface area (Å²) in [5.41, 5.74) is 0.299. The molecule has 1 heterocycles. The number of halogens is 1. The maximum absolute atomic E-state index is 12.9. The Labute approximate surface area is 133 Å². The van der Waals surface area contributed by atoms with Crippen molar-refractivity contribution in [1.29, 1.82) is 0 Å². The van der Waals surface area contributed by atoms with Gasteiger partial charge in [-0.25, -0.2) is 0 Å². The third kappa shape index (κ3) is 2.59. The van der Waals surface area contributed by atoms with Crippen LogP contribution in [0.25, 0.3) is 0 Å². The van der Waals surface area contributed by atoms with E-state index in [-0.39, 0.29) is 17.7 Å². The highest BCUT2D eigenvalue weighted by Crippen LogP contribution is 2.42. The first-order valence-electron chi connectivity index (χ1n) is 7.29. The van der Waals surface area contributed by atoms with E-state index in [1.54, 1.807) is 11.8 Å². The molecular weight excluding hydrogens is 332 g/mol. The average Bonchev–Trinajstić information content (AvgIpc) is 3.26. The number of hydrogen-bond donors (Lipinski definition) is 1. The summed E-state index contributed by atoms with van der Waals surface area (Å²) >= 11 is 3.44. The van der Waals surface area contributed by atoms with E-state index in [1.165, 1.54) is 0 Å². The summed E-state index contributed by atoms with van der Waals surface area (Å²) in [5.74, 6) is 0.266.